The Labute approximate surface area is 179 Å². The lowest BCUT2D eigenvalue weighted by atomic mass is 9.99. The molecule has 2 aromatic rings. The van der Waals surface area contributed by atoms with E-state index in [2.05, 4.69) is 22.3 Å². The average Bonchev–Trinajstić information content (AvgIpc) is 2.75. The molecule has 5 heteroatoms. The Hall–Kier alpha value is -2.50. The SMILES string of the molecule is Cc1ccc(C)c(C(=O)CCC(=O)NCc2ccc(CN3CCC(O)CC3)cc2)c1. The van der Waals surface area contributed by atoms with Crippen LogP contribution >= 0.6 is 0 Å². The molecule has 1 aliphatic heterocycles. The fourth-order valence-corrected chi connectivity index (χ4v) is 3.79. The monoisotopic (exact) mass is 408 g/mol. The van der Waals surface area contributed by atoms with Crippen LogP contribution in [0.2, 0.25) is 0 Å². The van der Waals surface area contributed by atoms with Crippen LogP contribution in [0.5, 0.6) is 0 Å². The van der Waals surface area contributed by atoms with Crippen molar-refractivity contribution in [2.45, 2.75) is 58.7 Å². The van der Waals surface area contributed by atoms with Gasteiger partial charge in [0.2, 0.25) is 5.91 Å². The largest absolute Gasteiger partial charge is 0.393 e. The first-order valence-corrected chi connectivity index (χ1v) is 10.8. The molecular weight excluding hydrogens is 376 g/mol. The summed E-state index contributed by atoms with van der Waals surface area (Å²) in [4.78, 5) is 26.9. The van der Waals surface area contributed by atoms with Gasteiger partial charge in [0.1, 0.15) is 0 Å². The number of hydrogen-bond donors (Lipinski definition) is 2. The Balaban J connectivity index is 1.41. The zero-order valence-electron chi connectivity index (χ0n) is 18.0. The first-order chi connectivity index (χ1) is 14.4. The number of Topliss-reactive ketones (excluding diaryl/α,β-unsaturated/α-hetero) is 1. The molecule has 0 bridgehead atoms. The maximum atomic E-state index is 12.4. The molecular formula is C25H32N2O3. The van der Waals surface area contributed by atoms with Gasteiger partial charge in [-0.1, -0.05) is 42.0 Å². The van der Waals surface area contributed by atoms with Crippen LogP contribution in [-0.4, -0.2) is 40.9 Å². The predicted octanol–water partition coefficient (Wildman–Crippen LogP) is 3.54. The highest BCUT2D eigenvalue weighted by atomic mass is 16.3. The number of carbonyl (C=O) groups excluding carboxylic acids is 2. The number of rotatable bonds is 8. The molecule has 2 aromatic carbocycles. The maximum absolute atomic E-state index is 12.4. The van der Waals surface area contributed by atoms with Crippen molar-refractivity contribution < 1.29 is 14.7 Å². The van der Waals surface area contributed by atoms with Crippen molar-refractivity contribution in [2.75, 3.05) is 13.1 Å². The van der Waals surface area contributed by atoms with Gasteiger partial charge in [0.15, 0.2) is 5.78 Å². The van der Waals surface area contributed by atoms with Crippen molar-refractivity contribution in [3.05, 3.63) is 70.3 Å². The van der Waals surface area contributed by atoms with Gasteiger partial charge < -0.3 is 10.4 Å². The fourth-order valence-electron chi connectivity index (χ4n) is 3.79. The summed E-state index contributed by atoms with van der Waals surface area (Å²) in [5.74, 6) is -0.0921. The maximum Gasteiger partial charge on any atom is 0.220 e. The van der Waals surface area contributed by atoms with E-state index in [9.17, 15) is 14.7 Å². The zero-order chi connectivity index (χ0) is 21.5. The number of ketones is 1. The summed E-state index contributed by atoms with van der Waals surface area (Å²) in [6, 6.07) is 14.1. The normalized spacial score (nSPS) is 15.2. The molecule has 160 valence electrons. The first-order valence-electron chi connectivity index (χ1n) is 10.8. The molecule has 1 saturated heterocycles. The zero-order valence-corrected chi connectivity index (χ0v) is 18.0. The van der Waals surface area contributed by atoms with E-state index >= 15 is 0 Å². The molecule has 30 heavy (non-hydrogen) atoms. The number of piperidine rings is 1. The lowest BCUT2D eigenvalue weighted by Crippen LogP contribution is -2.35. The Morgan fingerprint density at radius 2 is 1.67 bits per heavy atom. The molecule has 1 fully saturated rings. The van der Waals surface area contributed by atoms with Gasteiger partial charge in [-0.2, -0.15) is 0 Å². The summed E-state index contributed by atoms with van der Waals surface area (Å²) >= 11 is 0. The van der Waals surface area contributed by atoms with E-state index in [1.54, 1.807) is 0 Å². The van der Waals surface area contributed by atoms with Gasteiger partial charge in [0.05, 0.1) is 6.10 Å². The highest BCUT2D eigenvalue weighted by molar-refractivity contribution is 5.99. The molecule has 2 N–H and O–H groups in total. The Kier molecular flexibility index (Phi) is 7.77. The third-order valence-corrected chi connectivity index (χ3v) is 5.75. The summed E-state index contributed by atoms with van der Waals surface area (Å²) in [5.41, 5.74) is 4.99. The van der Waals surface area contributed by atoms with Crippen LogP contribution < -0.4 is 5.32 Å². The molecule has 1 amide bonds. The topological polar surface area (TPSA) is 69.6 Å². The van der Waals surface area contributed by atoms with Crippen LogP contribution in [-0.2, 0) is 17.9 Å². The molecule has 0 spiro atoms. The van der Waals surface area contributed by atoms with Gasteiger partial charge in [-0.3, -0.25) is 14.5 Å². The van der Waals surface area contributed by atoms with Crippen LogP contribution in [0.1, 0.15) is 58.3 Å². The Morgan fingerprint density at radius 3 is 2.37 bits per heavy atom. The number of aryl methyl sites for hydroxylation is 2. The fraction of sp³-hybridized carbons (Fsp3) is 0.440. The molecule has 0 saturated carbocycles. The van der Waals surface area contributed by atoms with E-state index in [4.69, 9.17) is 0 Å². The van der Waals surface area contributed by atoms with Crippen molar-refractivity contribution in [1.82, 2.24) is 10.2 Å². The van der Waals surface area contributed by atoms with Crippen molar-refractivity contribution in [1.29, 1.82) is 0 Å². The van der Waals surface area contributed by atoms with Gasteiger partial charge in [0, 0.05) is 44.6 Å². The molecule has 3 rings (SSSR count). The van der Waals surface area contributed by atoms with Crippen LogP contribution in [0, 0.1) is 13.8 Å². The number of benzene rings is 2. The van der Waals surface area contributed by atoms with Crippen molar-refractivity contribution in [2.24, 2.45) is 0 Å². The van der Waals surface area contributed by atoms with E-state index in [1.807, 2.05) is 44.2 Å². The number of nitrogens with zero attached hydrogens (tertiary/aromatic N) is 1. The van der Waals surface area contributed by atoms with Gasteiger partial charge in [-0.25, -0.2) is 0 Å². The molecule has 5 nitrogen and oxygen atoms in total. The molecule has 0 unspecified atom stereocenters. The quantitative estimate of drug-likeness (QED) is 0.656. The average molecular weight is 409 g/mol. The lowest BCUT2D eigenvalue weighted by molar-refractivity contribution is -0.121. The number of likely N-dealkylation sites (tertiary alicyclic amines) is 1. The van der Waals surface area contributed by atoms with Gasteiger partial charge in [-0.05, 0) is 49.4 Å². The van der Waals surface area contributed by atoms with E-state index in [-0.39, 0.29) is 30.6 Å². The van der Waals surface area contributed by atoms with E-state index in [0.717, 1.165) is 49.2 Å². The molecule has 1 aliphatic rings. The van der Waals surface area contributed by atoms with E-state index in [1.165, 1.54) is 5.56 Å². The van der Waals surface area contributed by atoms with Gasteiger partial charge in [0.25, 0.3) is 0 Å². The summed E-state index contributed by atoms with van der Waals surface area (Å²) in [6.45, 7) is 7.10. The van der Waals surface area contributed by atoms with Crippen LogP contribution in [0.25, 0.3) is 0 Å². The second-order valence-electron chi connectivity index (χ2n) is 8.34. The predicted molar refractivity (Wildman–Crippen MR) is 118 cm³/mol. The second-order valence-corrected chi connectivity index (χ2v) is 8.34. The standard InChI is InChI=1S/C25H32N2O3/c1-18-3-4-19(2)23(15-18)24(29)9-10-25(30)26-16-20-5-7-21(8-6-20)17-27-13-11-22(28)12-14-27/h3-8,15,22,28H,9-14,16-17H2,1-2H3,(H,26,30). The lowest BCUT2D eigenvalue weighted by Gasteiger charge is -2.29. The summed E-state index contributed by atoms with van der Waals surface area (Å²) in [6.07, 6.45) is 1.96. The number of hydrogen-bond acceptors (Lipinski definition) is 4. The van der Waals surface area contributed by atoms with Crippen molar-refractivity contribution in [3.63, 3.8) is 0 Å². The second kappa shape index (κ2) is 10.5. The van der Waals surface area contributed by atoms with Gasteiger partial charge in [-0.15, -0.1) is 0 Å². The molecule has 0 radical (unpaired) electrons. The number of carbonyl (C=O) groups is 2. The number of aliphatic hydroxyl groups excluding tert-OH is 1. The minimum Gasteiger partial charge on any atom is -0.393 e. The highest BCUT2D eigenvalue weighted by Gasteiger charge is 2.17. The first kappa shape index (κ1) is 22.2. The van der Waals surface area contributed by atoms with Crippen molar-refractivity contribution in [3.8, 4) is 0 Å². The minimum absolute atomic E-state index is 0.0148. The number of aliphatic hydroxyl groups is 1. The van der Waals surface area contributed by atoms with Crippen LogP contribution in [0.4, 0.5) is 0 Å². The third-order valence-electron chi connectivity index (χ3n) is 5.75. The third kappa shape index (κ3) is 6.51. The summed E-state index contributed by atoms with van der Waals surface area (Å²) in [7, 11) is 0. The van der Waals surface area contributed by atoms with E-state index < -0.39 is 0 Å². The molecule has 0 aliphatic carbocycles. The van der Waals surface area contributed by atoms with Crippen LogP contribution in [0.3, 0.4) is 0 Å². The minimum atomic E-state index is -0.150. The molecule has 1 heterocycles. The molecule has 0 aromatic heterocycles. The van der Waals surface area contributed by atoms with E-state index in [0.29, 0.717) is 12.1 Å². The smallest absolute Gasteiger partial charge is 0.220 e. The Bertz CT molecular complexity index is 868. The molecule has 0 atom stereocenters. The highest BCUT2D eigenvalue weighted by Crippen LogP contribution is 2.15. The summed E-state index contributed by atoms with van der Waals surface area (Å²) in [5, 5.41) is 12.5. The van der Waals surface area contributed by atoms with Crippen molar-refractivity contribution >= 4 is 11.7 Å². The number of amides is 1. The van der Waals surface area contributed by atoms with Gasteiger partial charge >= 0.3 is 0 Å². The number of nitrogens with one attached hydrogen (secondary N) is 1. The Morgan fingerprint density at radius 1 is 1.00 bits per heavy atom. The van der Waals surface area contributed by atoms with Crippen LogP contribution in [0.15, 0.2) is 42.5 Å². The summed E-state index contributed by atoms with van der Waals surface area (Å²) < 4.78 is 0.